The van der Waals surface area contributed by atoms with Crippen LogP contribution in [0.3, 0.4) is 0 Å². The van der Waals surface area contributed by atoms with Crippen LogP contribution in [-0.4, -0.2) is 59.6 Å². The molecule has 1 heterocycles. The number of rotatable bonds is 4. The molecule has 4 nitrogen and oxygen atoms in total. The first-order valence-corrected chi connectivity index (χ1v) is 5.83. The standard InChI is InChI=1S/C11H20N2O2/c1-12-6-7-13(9-2-3-9)10(8-12)4-5-11(14)15/h9-10H,2-8H2,1H3,(H,14,15). The third-order valence-electron chi connectivity index (χ3n) is 3.44. The molecular weight excluding hydrogens is 192 g/mol. The zero-order chi connectivity index (χ0) is 10.8. The summed E-state index contributed by atoms with van der Waals surface area (Å²) in [6, 6.07) is 1.23. The van der Waals surface area contributed by atoms with E-state index in [1.165, 1.54) is 12.8 Å². The fourth-order valence-corrected chi connectivity index (χ4v) is 2.46. The van der Waals surface area contributed by atoms with E-state index in [1.54, 1.807) is 0 Å². The molecule has 2 fully saturated rings. The van der Waals surface area contributed by atoms with E-state index in [0.717, 1.165) is 32.1 Å². The number of nitrogens with zero attached hydrogens (tertiary/aromatic N) is 2. The molecule has 0 aromatic heterocycles. The molecule has 1 aliphatic heterocycles. The molecule has 0 bridgehead atoms. The van der Waals surface area contributed by atoms with Crippen LogP contribution >= 0.6 is 0 Å². The first-order valence-electron chi connectivity index (χ1n) is 5.83. The van der Waals surface area contributed by atoms with Crippen LogP contribution in [0.25, 0.3) is 0 Å². The molecule has 4 heteroatoms. The second kappa shape index (κ2) is 4.49. The lowest BCUT2D eigenvalue weighted by atomic mass is 10.1. The van der Waals surface area contributed by atoms with Crippen LogP contribution < -0.4 is 0 Å². The van der Waals surface area contributed by atoms with Crippen LogP contribution in [0, 0.1) is 0 Å². The monoisotopic (exact) mass is 212 g/mol. The summed E-state index contributed by atoms with van der Waals surface area (Å²) in [5.74, 6) is -0.668. The van der Waals surface area contributed by atoms with Gasteiger partial charge in [0.05, 0.1) is 0 Å². The summed E-state index contributed by atoms with van der Waals surface area (Å²) in [6.45, 7) is 3.27. The number of aliphatic carboxylic acids is 1. The molecule has 0 spiro atoms. The fraction of sp³-hybridized carbons (Fsp3) is 0.909. The zero-order valence-electron chi connectivity index (χ0n) is 9.35. The van der Waals surface area contributed by atoms with E-state index in [1.807, 2.05) is 0 Å². The van der Waals surface area contributed by atoms with Crippen LogP contribution in [0.15, 0.2) is 0 Å². The number of likely N-dealkylation sites (N-methyl/N-ethyl adjacent to an activating group) is 1. The Hall–Kier alpha value is -0.610. The van der Waals surface area contributed by atoms with Gasteiger partial charge in [-0.15, -0.1) is 0 Å². The minimum absolute atomic E-state index is 0.307. The van der Waals surface area contributed by atoms with Crippen molar-refractivity contribution in [3.8, 4) is 0 Å². The average Bonchev–Trinajstić information content (AvgIpc) is 2.98. The number of hydrogen-bond donors (Lipinski definition) is 1. The molecule has 2 aliphatic rings. The van der Waals surface area contributed by atoms with E-state index in [-0.39, 0.29) is 0 Å². The van der Waals surface area contributed by atoms with Crippen LogP contribution in [0.2, 0.25) is 0 Å². The second-order valence-corrected chi connectivity index (χ2v) is 4.82. The van der Waals surface area contributed by atoms with Crippen LogP contribution in [0.1, 0.15) is 25.7 Å². The summed E-state index contributed by atoms with van der Waals surface area (Å²) in [5, 5.41) is 8.72. The Morgan fingerprint density at radius 1 is 1.40 bits per heavy atom. The van der Waals surface area contributed by atoms with Crippen molar-refractivity contribution in [2.75, 3.05) is 26.7 Å². The van der Waals surface area contributed by atoms with Crippen molar-refractivity contribution in [2.45, 2.75) is 37.8 Å². The maximum atomic E-state index is 10.6. The first-order chi connectivity index (χ1) is 7.16. The van der Waals surface area contributed by atoms with Gasteiger partial charge in [-0.05, 0) is 26.3 Å². The SMILES string of the molecule is CN1CCN(C2CC2)C(CCC(=O)O)C1. The predicted octanol–water partition coefficient (Wildman–Crippen LogP) is 0.630. The van der Waals surface area contributed by atoms with Gasteiger partial charge in [-0.3, -0.25) is 9.69 Å². The smallest absolute Gasteiger partial charge is 0.303 e. The normalized spacial score (nSPS) is 29.3. The van der Waals surface area contributed by atoms with Crippen molar-refractivity contribution in [3.63, 3.8) is 0 Å². The third kappa shape index (κ3) is 2.92. The number of hydrogen-bond acceptors (Lipinski definition) is 3. The van der Waals surface area contributed by atoms with E-state index in [9.17, 15) is 4.79 Å². The van der Waals surface area contributed by atoms with Gasteiger partial charge in [-0.2, -0.15) is 0 Å². The van der Waals surface area contributed by atoms with Gasteiger partial charge in [0, 0.05) is 38.1 Å². The summed E-state index contributed by atoms with van der Waals surface area (Å²) < 4.78 is 0. The largest absolute Gasteiger partial charge is 0.481 e. The highest BCUT2D eigenvalue weighted by molar-refractivity contribution is 5.66. The van der Waals surface area contributed by atoms with Crippen LogP contribution in [0.4, 0.5) is 0 Å². The lowest BCUT2D eigenvalue weighted by Crippen LogP contribution is -2.52. The molecule has 0 amide bonds. The Morgan fingerprint density at radius 2 is 2.13 bits per heavy atom. The number of carboxylic acid groups (broad SMARTS) is 1. The molecule has 1 saturated heterocycles. The van der Waals surface area contributed by atoms with E-state index < -0.39 is 5.97 Å². The number of carbonyl (C=O) groups is 1. The summed E-state index contributed by atoms with van der Waals surface area (Å²) >= 11 is 0. The molecule has 0 aromatic rings. The Labute approximate surface area is 90.9 Å². The molecule has 0 radical (unpaired) electrons. The molecule has 1 saturated carbocycles. The van der Waals surface area contributed by atoms with E-state index in [0.29, 0.717) is 12.5 Å². The van der Waals surface area contributed by atoms with Crippen molar-refractivity contribution in [1.29, 1.82) is 0 Å². The van der Waals surface area contributed by atoms with E-state index in [2.05, 4.69) is 16.8 Å². The minimum Gasteiger partial charge on any atom is -0.481 e. The quantitative estimate of drug-likeness (QED) is 0.742. The van der Waals surface area contributed by atoms with E-state index >= 15 is 0 Å². The molecule has 1 N–H and O–H groups in total. The highest BCUT2D eigenvalue weighted by Gasteiger charge is 2.36. The van der Waals surface area contributed by atoms with Gasteiger partial charge in [0.15, 0.2) is 0 Å². The topological polar surface area (TPSA) is 43.8 Å². The fourth-order valence-electron chi connectivity index (χ4n) is 2.46. The minimum atomic E-state index is -0.668. The Balaban J connectivity index is 1.87. The van der Waals surface area contributed by atoms with Crippen molar-refractivity contribution in [3.05, 3.63) is 0 Å². The van der Waals surface area contributed by atoms with Gasteiger partial charge in [0.25, 0.3) is 0 Å². The Kier molecular flexibility index (Phi) is 3.26. The molecular formula is C11H20N2O2. The van der Waals surface area contributed by atoms with Crippen molar-refractivity contribution in [2.24, 2.45) is 0 Å². The Morgan fingerprint density at radius 3 is 2.73 bits per heavy atom. The van der Waals surface area contributed by atoms with Gasteiger partial charge >= 0.3 is 5.97 Å². The summed E-state index contributed by atoms with van der Waals surface area (Å²) in [5.41, 5.74) is 0. The molecule has 86 valence electrons. The highest BCUT2D eigenvalue weighted by atomic mass is 16.4. The summed E-state index contributed by atoms with van der Waals surface area (Å²) in [7, 11) is 2.12. The van der Waals surface area contributed by atoms with Crippen LogP contribution in [0.5, 0.6) is 0 Å². The summed E-state index contributed by atoms with van der Waals surface area (Å²) in [4.78, 5) is 15.4. The number of piperazine rings is 1. The third-order valence-corrected chi connectivity index (χ3v) is 3.44. The molecule has 1 aliphatic carbocycles. The van der Waals surface area contributed by atoms with Gasteiger partial charge < -0.3 is 10.0 Å². The Bertz CT molecular complexity index is 241. The van der Waals surface area contributed by atoms with Gasteiger partial charge in [-0.1, -0.05) is 0 Å². The van der Waals surface area contributed by atoms with Gasteiger partial charge in [-0.25, -0.2) is 0 Å². The lowest BCUT2D eigenvalue weighted by molar-refractivity contribution is -0.137. The average molecular weight is 212 g/mol. The predicted molar refractivity (Wildman–Crippen MR) is 57.9 cm³/mol. The van der Waals surface area contributed by atoms with Crippen molar-refractivity contribution in [1.82, 2.24) is 9.80 Å². The summed E-state index contributed by atoms with van der Waals surface area (Å²) in [6.07, 6.45) is 3.73. The second-order valence-electron chi connectivity index (χ2n) is 4.82. The van der Waals surface area contributed by atoms with Gasteiger partial charge in [0.1, 0.15) is 0 Å². The number of carboxylic acids is 1. The van der Waals surface area contributed by atoms with Gasteiger partial charge in [0.2, 0.25) is 0 Å². The van der Waals surface area contributed by atoms with Crippen molar-refractivity contribution < 1.29 is 9.90 Å². The molecule has 2 rings (SSSR count). The lowest BCUT2D eigenvalue weighted by Gasteiger charge is -2.40. The van der Waals surface area contributed by atoms with Crippen LogP contribution in [-0.2, 0) is 4.79 Å². The molecule has 0 aromatic carbocycles. The zero-order valence-corrected chi connectivity index (χ0v) is 9.35. The maximum Gasteiger partial charge on any atom is 0.303 e. The first kappa shape index (κ1) is 10.9. The maximum absolute atomic E-state index is 10.6. The van der Waals surface area contributed by atoms with E-state index in [4.69, 9.17) is 5.11 Å². The molecule has 1 unspecified atom stereocenters. The van der Waals surface area contributed by atoms with Crippen molar-refractivity contribution >= 4 is 5.97 Å². The molecule has 1 atom stereocenters. The molecule has 15 heavy (non-hydrogen) atoms. The highest BCUT2D eigenvalue weighted by Crippen LogP contribution is 2.31.